The molecule has 0 unspecified atom stereocenters. The van der Waals surface area contributed by atoms with Crippen molar-refractivity contribution in [3.05, 3.63) is 47.4 Å². The molecule has 1 saturated carbocycles. The summed E-state index contributed by atoms with van der Waals surface area (Å²) in [6.07, 6.45) is 2.23. The Morgan fingerprint density at radius 1 is 1.30 bits per heavy atom. The zero-order chi connectivity index (χ0) is 23.5. The van der Waals surface area contributed by atoms with Crippen molar-refractivity contribution >= 4 is 35.1 Å². The quantitative estimate of drug-likeness (QED) is 0.525. The molecule has 3 atom stereocenters. The Bertz CT molecular complexity index is 1240. The van der Waals surface area contributed by atoms with Gasteiger partial charge in [-0.25, -0.2) is 14.5 Å². The van der Waals surface area contributed by atoms with Gasteiger partial charge in [-0.05, 0) is 31.5 Å². The smallest absolute Gasteiger partial charge is 0.413 e. The van der Waals surface area contributed by atoms with Crippen LogP contribution in [-0.2, 0) is 16.6 Å². The molecule has 3 aromatic heterocycles. The Morgan fingerprint density at radius 3 is 2.79 bits per heavy atom. The van der Waals surface area contributed by atoms with Crippen LogP contribution in [0.4, 0.5) is 16.3 Å². The number of carbonyl (C=O) groups excluding carboxylic acids is 2. The first kappa shape index (κ1) is 22.2. The molecule has 3 aromatic rings. The van der Waals surface area contributed by atoms with Crippen molar-refractivity contribution in [3.8, 4) is 17.5 Å². The highest BCUT2D eigenvalue weighted by Crippen LogP contribution is 2.38. The van der Waals surface area contributed by atoms with E-state index in [2.05, 4.69) is 37.0 Å². The van der Waals surface area contributed by atoms with Gasteiger partial charge in [0.1, 0.15) is 11.3 Å². The summed E-state index contributed by atoms with van der Waals surface area (Å²) in [5.74, 6) is -0.422. The number of ether oxygens (including phenoxy) is 1. The monoisotopic (exact) mass is 466 g/mol. The van der Waals surface area contributed by atoms with Crippen LogP contribution < -0.4 is 10.6 Å². The molecular formula is C21H19ClN8O3. The van der Waals surface area contributed by atoms with E-state index >= 15 is 0 Å². The van der Waals surface area contributed by atoms with Gasteiger partial charge in [-0.1, -0.05) is 22.9 Å². The van der Waals surface area contributed by atoms with Crippen LogP contribution in [0.3, 0.4) is 0 Å². The second-order valence-electron chi connectivity index (χ2n) is 7.47. The van der Waals surface area contributed by atoms with Crippen LogP contribution in [0, 0.1) is 23.2 Å². The Hall–Kier alpha value is -4.04. The molecule has 1 aliphatic carbocycles. The summed E-state index contributed by atoms with van der Waals surface area (Å²) in [5.41, 5.74) is 1.82. The molecule has 2 amide bonds. The molecule has 12 heteroatoms. The number of amides is 2. The SMILES string of the molecule is C[C@@H](OC(=O)Nc1c(-c2ccc(NC(=O)[C@@H]3C[C@@H]3C#N)cn2)nnn1C)c1cccnc1Cl. The van der Waals surface area contributed by atoms with Crippen LogP contribution in [-0.4, -0.2) is 37.0 Å². The van der Waals surface area contributed by atoms with E-state index in [9.17, 15) is 9.59 Å². The minimum absolute atomic E-state index is 0.205. The third kappa shape index (κ3) is 4.91. The number of nitrogens with one attached hydrogen (secondary N) is 2. The van der Waals surface area contributed by atoms with Gasteiger partial charge in [0.2, 0.25) is 5.91 Å². The predicted octanol–water partition coefficient (Wildman–Crippen LogP) is 3.33. The van der Waals surface area contributed by atoms with Gasteiger partial charge in [0.05, 0.1) is 35.5 Å². The molecule has 0 radical (unpaired) electrons. The van der Waals surface area contributed by atoms with E-state index in [0.29, 0.717) is 29.1 Å². The molecule has 0 bridgehead atoms. The maximum atomic E-state index is 12.5. The number of aromatic nitrogens is 5. The lowest BCUT2D eigenvalue weighted by atomic mass is 10.2. The highest BCUT2D eigenvalue weighted by Gasteiger charge is 2.43. The van der Waals surface area contributed by atoms with Crippen LogP contribution in [0.1, 0.15) is 25.0 Å². The zero-order valence-corrected chi connectivity index (χ0v) is 18.4. The summed E-state index contributed by atoms with van der Waals surface area (Å²) >= 11 is 6.06. The molecule has 11 nitrogen and oxygen atoms in total. The van der Waals surface area contributed by atoms with Gasteiger partial charge in [-0.3, -0.25) is 15.1 Å². The van der Waals surface area contributed by atoms with Gasteiger partial charge in [0, 0.05) is 18.8 Å². The average molecular weight is 467 g/mol. The van der Waals surface area contributed by atoms with Gasteiger partial charge in [-0.15, -0.1) is 5.10 Å². The zero-order valence-electron chi connectivity index (χ0n) is 17.7. The minimum atomic E-state index is -0.727. The third-order valence-corrected chi connectivity index (χ3v) is 5.44. The lowest BCUT2D eigenvalue weighted by Gasteiger charge is -2.15. The van der Waals surface area contributed by atoms with E-state index in [-0.39, 0.29) is 28.7 Å². The van der Waals surface area contributed by atoms with Gasteiger partial charge in [0.25, 0.3) is 0 Å². The molecule has 2 N–H and O–H groups in total. The number of hydrogen-bond donors (Lipinski definition) is 2. The molecule has 3 heterocycles. The summed E-state index contributed by atoms with van der Waals surface area (Å²) in [6, 6.07) is 8.81. The maximum Gasteiger partial charge on any atom is 0.413 e. The number of nitriles is 1. The lowest BCUT2D eigenvalue weighted by Crippen LogP contribution is -2.18. The first-order chi connectivity index (χ1) is 15.9. The van der Waals surface area contributed by atoms with E-state index in [1.807, 2.05) is 0 Å². The molecule has 33 heavy (non-hydrogen) atoms. The van der Waals surface area contributed by atoms with E-state index < -0.39 is 12.2 Å². The van der Waals surface area contributed by atoms with Gasteiger partial charge >= 0.3 is 6.09 Å². The number of hydrogen-bond acceptors (Lipinski definition) is 8. The van der Waals surface area contributed by atoms with E-state index in [0.717, 1.165) is 0 Å². The second-order valence-corrected chi connectivity index (χ2v) is 7.82. The predicted molar refractivity (Wildman–Crippen MR) is 118 cm³/mol. The lowest BCUT2D eigenvalue weighted by molar-refractivity contribution is -0.117. The fourth-order valence-electron chi connectivity index (χ4n) is 3.19. The van der Waals surface area contributed by atoms with Crippen LogP contribution >= 0.6 is 11.6 Å². The van der Waals surface area contributed by atoms with Gasteiger partial charge in [-0.2, -0.15) is 5.26 Å². The summed E-state index contributed by atoms with van der Waals surface area (Å²) in [6.45, 7) is 1.68. The van der Waals surface area contributed by atoms with Crippen LogP contribution in [0.25, 0.3) is 11.4 Å². The second kappa shape index (κ2) is 9.22. The topological polar surface area (TPSA) is 148 Å². The Balaban J connectivity index is 1.43. The number of anilines is 2. The normalized spacial score (nSPS) is 17.5. The van der Waals surface area contributed by atoms with Crippen molar-refractivity contribution in [2.24, 2.45) is 18.9 Å². The standard InChI is InChI=1S/C21H19ClN8O3/c1-11(14-4-3-7-24-18(14)22)33-21(32)27-19-17(28-29-30(19)2)16-6-5-13(10-25-16)26-20(31)15-8-12(15)9-23/h3-7,10-12,15H,8H2,1-2H3,(H,26,31)(H,27,32)/t11-,12-,15-/m1/s1. The van der Waals surface area contributed by atoms with E-state index in [1.165, 1.54) is 10.9 Å². The largest absolute Gasteiger partial charge is 0.441 e. The third-order valence-electron chi connectivity index (χ3n) is 5.12. The highest BCUT2D eigenvalue weighted by atomic mass is 35.5. The Morgan fingerprint density at radius 2 is 2.12 bits per heavy atom. The molecule has 0 saturated heterocycles. The van der Waals surface area contributed by atoms with Crippen molar-refractivity contribution in [1.82, 2.24) is 25.0 Å². The summed E-state index contributed by atoms with van der Waals surface area (Å²) in [4.78, 5) is 32.9. The molecule has 1 fully saturated rings. The fraction of sp³-hybridized carbons (Fsp3) is 0.286. The number of aryl methyl sites for hydroxylation is 1. The van der Waals surface area contributed by atoms with E-state index in [1.54, 1.807) is 44.4 Å². The van der Waals surface area contributed by atoms with Crippen molar-refractivity contribution in [2.75, 3.05) is 10.6 Å². The molecule has 0 aliphatic heterocycles. The number of carbonyl (C=O) groups is 2. The van der Waals surface area contributed by atoms with Crippen molar-refractivity contribution in [3.63, 3.8) is 0 Å². The van der Waals surface area contributed by atoms with Crippen molar-refractivity contribution in [1.29, 1.82) is 5.26 Å². The van der Waals surface area contributed by atoms with Crippen molar-refractivity contribution in [2.45, 2.75) is 19.4 Å². The first-order valence-electron chi connectivity index (χ1n) is 10.0. The Labute approximate surface area is 193 Å². The minimum Gasteiger partial charge on any atom is -0.441 e. The van der Waals surface area contributed by atoms with Crippen molar-refractivity contribution < 1.29 is 14.3 Å². The molecule has 168 valence electrons. The van der Waals surface area contributed by atoms with E-state index in [4.69, 9.17) is 21.6 Å². The number of nitrogens with zero attached hydrogens (tertiary/aromatic N) is 6. The summed E-state index contributed by atoms with van der Waals surface area (Å²) in [5, 5.41) is 22.5. The molecule has 0 aromatic carbocycles. The highest BCUT2D eigenvalue weighted by molar-refractivity contribution is 6.30. The number of halogens is 1. The van der Waals surface area contributed by atoms with Crippen LogP contribution in [0.15, 0.2) is 36.7 Å². The summed E-state index contributed by atoms with van der Waals surface area (Å²) in [7, 11) is 1.61. The van der Waals surface area contributed by atoms with Gasteiger partial charge < -0.3 is 10.1 Å². The van der Waals surface area contributed by atoms with Crippen LogP contribution in [0.2, 0.25) is 5.15 Å². The molecule has 0 spiro atoms. The van der Waals surface area contributed by atoms with Crippen LogP contribution in [0.5, 0.6) is 0 Å². The fourth-order valence-corrected chi connectivity index (χ4v) is 3.46. The molecular weight excluding hydrogens is 448 g/mol. The maximum absolute atomic E-state index is 12.5. The average Bonchev–Trinajstić information content (AvgIpc) is 3.52. The number of pyridine rings is 2. The molecule has 4 rings (SSSR count). The number of rotatable bonds is 6. The summed E-state index contributed by atoms with van der Waals surface area (Å²) < 4.78 is 6.79. The Kier molecular flexibility index (Phi) is 6.19. The molecule has 1 aliphatic rings. The first-order valence-corrected chi connectivity index (χ1v) is 10.4. The van der Waals surface area contributed by atoms with Gasteiger partial charge in [0.15, 0.2) is 11.5 Å².